The molecule has 2 aliphatic carbocycles. The van der Waals surface area contributed by atoms with E-state index in [1.165, 1.54) is 27.6 Å². The number of aliphatic hydroxyl groups is 1. The molecular weight excluding hydrogens is 476 g/mol. The van der Waals surface area contributed by atoms with E-state index in [1.54, 1.807) is 0 Å². The van der Waals surface area contributed by atoms with E-state index in [4.69, 9.17) is 4.99 Å². The van der Waals surface area contributed by atoms with E-state index in [9.17, 15) is 5.11 Å². The van der Waals surface area contributed by atoms with Gasteiger partial charge in [0.05, 0.1) is 11.5 Å². The SMILES string of the molecule is C/N=C(/C1=C(PC(C)C2C(O)=CC=C(C)C2I)C(C)=CCC1)c1ccccc1. The molecule has 1 aromatic carbocycles. The molecule has 0 saturated carbocycles. The van der Waals surface area contributed by atoms with Gasteiger partial charge in [0.2, 0.25) is 0 Å². The first-order chi connectivity index (χ1) is 13.4. The first kappa shape index (κ1) is 21.5. The van der Waals surface area contributed by atoms with Gasteiger partial charge in [0, 0.05) is 16.9 Å². The second-order valence-electron chi connectivity index (χ2n) is 7.58. The van der Waals surface area contributed by atoms with E-state index < -0.39 is 0 Å². The van der Waals surface area contributed by atoms with Crippen molar-refractivity contribution in [2.24, 2.45) is 10.9 Å². The molecule has 4 atom stereocenters. The van der Waals surface area contributed by atoms with Crippen LogP contribution in [0.15, 0.2) is 81.3 Å². The van der Waals surface area contributed by atoms with E-state index in [0.29, 0.717) is 23.9 Å². The van der Waals surface area contributed by atoms with E-state index in [0.717, 1.165) is 18.6 Å². The molecule has 2 nitrogen and oxygen atoms in total. The zero-order chi connectivity index (χ0) is 20.3. The number of allylic oxidation sites excluding steroid dienone is 8. The van der Waals surface area contributed by atoms with Crippen LogP contribution in [0.25, 0.3) is 0 Å². The highest BCUT2D eigenvalue weighted by Gasteiger charge is 2.33. The largest absolute Gasteiger partial charge is 0.512 e. The molecule has 4 heteroatoms. The lowest BCUT2D eigenvalue weighted by Gasteiger charge is -2.33. The smallest absolute Gasteiger partial charge is 0.0973 e. The molecule has 4 unspecified atom stereocenters. The Labute approximate surface area is 184 Å². The highest BCUT2D eigenvalue weighted by atomic mass is 127. The van der Waals surface area contributed by atoms with Crippen molar-refractivity contribution in [1.82, 2.24) is 0 Å². The Morgan fingerprint density at radius 2 is 1.93 bits per heavy atom. The number of benzene rings is 1. The molecule has 1 aromatic rings. The normalized spacial score (nSPS) is 24.9. The maximum absolute atomic E-state index is 10.6. The van der Waals surface area contributed by atoms with Crippen molar-refractivity contribution in [2.45, 2.75) is 43.2 Å². The minimum absolute atomic E-state index is 0.172. The van der Waals surface area contributed by atoms with Crippen LogP contribution in [0.2, 0.25) is 0 Å². The molecule has 0 aliphatic heterocycles. The number of hydrogen-bond donors (Lipinski definition) is 1. The maximum Gasteiger partial charge on any atom is 0.0973 e. The van der Waals surface area contributed by atoms with Crippen molar-refractivity contribution in [3.63, 3.8) is 0 Å². The summed E-state index contributed by atoms with van der Waals surface area (Å²) >= 11 is 2.49. The number of hydrogen-bond acceptors (Lipinski definition) is 2. The van der Waals surface area contributed by atoms with Gasteiger partial charge in [0.15, 0.2) is 0 Å². The quantitative estimate of drug-likeness (QED) is 0.199. The summed E-state index contributed by atoms with van der Waals surface area (Å²) in [7, 11) is 2.55. The molecule has 2 aliphatic rings. The molecular formula is C24H29INOP. The summed E-state index contributed by atoms with van der Waals surface area (Å²) in [5.41, 5.74) is 6.78. The summed E-state index contributed by atoms with van der Waals surface area (Å²) in [6.07, 6.45) is 8.40. The molecule has 1 N–H and O–H groups in total. The van der Waals surface area contributed by atoms with Crippen LogP contribution >= 0.6 is 31.2 Å². The second-order valence-corrected chi connectivity index (χ2v) is 10.6. The first-order valence-electron chi connectivity index (χ1n) is 9.84. The van der Waals surface area contributed by atoms with Crippen LogP contribution < -0.4 is 0 Å². The fourth-order valence-electron chi connectivity index (χ4n) is 4.05. The summed E-state index contributed by atoms with van der Waals surface area (Å²) in [4.78, 5) is 4.69. The standard InChI is InChI=1S/C24H29INOP/c1-15-13-14-20(27)21(22(15)25)17(3)28-24-16(2)9-8-12-19(24)23(26-4)18-10-6-5-7-11-18/h5-7,9-11,13-14,17,21-22,27-28H,8,12H2,1-4H3/b26-23+. The van der Waals surface area contributed by atoms with Crippen molar-refractivity contribution in [1.29, 1.82) is 0 Å². The Bertz CT molecular complexity index is 879. The monoisotopic (exact) mass is 505 g/mol. The summed E-state index contributed by atoms with van der Waals surface area (Å²) in [6.45, 7) is 6.68. The molecule has 148 valence electrons. The van der Waals surface area contributed by atoms with Crippen molar-refractivity contribution in [2.75, 3.05) is 7.05 Å². The van der Waals surface area contributed by atoms with Gasteiger partial charge < -0.3 is 5.11 Å². The minimum Gasteiger partial charge on any atom is -0.512 e. The van der Waals surface area contributed by atoms with E-state index in [1.807, 2.05) is 19.2 Å². The Morgan fingerprint density at radius 1 is 1.21 bits per heavy atom. The number of rotatable bonds is 5. The summed E-state index contributed by atoms with van der Waals surface area (Å²) in [5, 5.41) is 12.0. The van der Waals surface area contributed by atoms with Gasteiger partial charge >= 0.3 is 0 Å². The van der Waals surface area contributed by atoms with Crippen LogP contribution in [0.5, 0.6) is 0 Å². The average Bonchev–Trinajstić information content (AvgIpc) is 2.69. The number of aliphatic hydroxyl groups excluding tert-OH is 1. The summed E-state index contributed by atoms with van der Waals surface area (Å²) < 4.78 is 0.343. The third-order valence-electron chi connectivity index (χ3n) is 5.62. The Morgan fingerprint density at radius 3 is 2.61 bits per heavy atom. The third-order valence-corrected chi connectivity index (χ3v) is 9.17. The van der Waals surface area contributed by atoms with E-state index in [2.05, 4.69) is 79.8 Å². The topological polar surface area (TPSA) is 32.6 Å². The molecule has 0 saturated heterocycles. The number of alkyl halides is 1. The van der Waals surface area contributed by atoms with E-state index in [-0.39, 0.29) is 5.92 Å². The fourth-order valence-corrected chi connectivity index (χ4v) is 7.39. The zero-order valence-corrected chi connectivity index (χ0v) is 20.2. The van der Waals surface area contributed by atoms with Gasteiger partial charge in [-0.1, -0.05) is 86.2 Å². The lowest BCUT2D eigenvalue weighted by atomic mass is 9.91. The predicted octanol–water partition coefficient (Wildman–Crippen LogP) is 6.99. The van der Waals surface area contributed by atoms with Crippen LogP contribution in [0.3, 0.4) is 0 Å². The fraction of sp³-hybridized carbons (Fsp3) is 0.375. The van der Waals surface area contributed by atoms with E-state index >= 15 is 0 Å². The van der Waals surface area contributed by atoms with Crippen LogP contribution in [-0.2, 0) is 0 Å². The van der Waals surface area contributed by atoms with Crippen molar-refractivity contribution >= 4 is 36.9 Å². The Hall–Kier alpha value is -1.19. The molecule has 0 heterocycles. The zero-order valence-electron chi connectivity index (χ0n) is 17.0. The highest BCUT2D eigenvalue weighted by Crippen LogP contribution is 2.48. The summed E-state index contributed by atoms with van der Waals surface area (Å²) in [6, 6.07) is 10.5. The van der Waals surface area contributed by atoms with Gasteiger partial charge in [-0.25, -0.2) is 0 Å². The van der Waals surface area contributed by atoms with Crippen molar-refractivity contribution in [3.05, 3.63) is 81.9 Å². The molecule has 0 aromatic heterocycles. The molecule has 0 spiro atoms. The van der Waals surface area contributed by atoms with Crippen LogP contribution in [0.1, 0.15) is 39.2 Å². The third kappa shape index (κ3) is 4.52. The first-order valence-corrected chi connectivity index (χ1v) is 12.2. The second kappa shape index (κ2) is 9.54. The number of nitrogens with zero attached hydrogens (tertiary/aromatic N) is 1. The van der Waals surface area contributed by atoms with Gasteiger partial charge in [-0.15, -0.1) is 0 Å². The van der Waals surface area contributed by atoms with Crippen LogP contribution in [0.4, 0.5) is 0 Å². The molecule has 0 radical (unpaired) electrons. The average molecular weight is 505 g/mol. The highest BCUT2D eigenvalue weighted by molar-refractivity contribution is 14.1. The van der Waals surface area contributed by atoms with Gasteiger partial charge in [-0.3, -0.25) is 4.99 Å². The maximum atomic E-state index is 10.6. The number of aliphatic imine (C=N–C) groups is 1. The minimum atomic E-state index is 0.172. The van der Waals surface area contributed by atoms with Crippen LogP contribution in [0, 0.1) is 5.92 Å². The number of halogens is 1. The van der Waals surface area contributed by atoms with Crippen molar-refractivity contribution in [3.8, 4) is 0 Å². The van der Waals surface area contributed by atoms with Crippen LogP contribution in [-0.4, -0.2) is 27.4 Å². The molecule has 0 amide bonds. The lowest BCUT2D eigenvalue weighted by Crippen LogP contribution is -2.28. The van der Waals surface area contributed by atoms with Gasteiger partial charge in [-0.05, 0) is 60.4 Å². The Kier molecular flexibility index (Phi) is 7.33. The summed E-state index contributed by atoms with van der Waals surface area (Å²) in [5.74, 6) is 0.697. The van der Waals surface area contributed by atoms with Gasteiger partial charge in [0.1, 0.15) is 0 Å². The lowest BCUT2D eigenvalue weighted by molar-refractivity contribution is 0.328. The van der Waals surface area contributed by atoms with Gasteiger partial charge in [0.25, 0.3) is 0 Å². The molecule has 28 heavy (non-hydrogen) atoms. The predicted molar refractivity (Wildman–Crippen MR) is 132 cm³/mol. The molecule has 0 bridgehead atoms. The van der Waals surface area contributed by atoms with Crippen molar-refractivity contribution < 1.29 is 5.11 Å². The molecule has 3 rings (SSSR count). The Balaban J connectivity index is 1.96. The molecule has 0 fully saturated rings. The van der Waals surface area contributed by atoms with Gasteiger partial charge in [-0.2, -0.15) is 0 Å².